The number of fused-ring (bicyclic) bond motifs is 1. The highest BCUT2D eigenvalue weighted by Gasteiger charge is 2.16. The summed E-state index contributed by atoms with van der Waals surface area (Å²) < 4.78 is 1.98. The minimum Gasteiger partial charge on any atom is -0.305 e. The molecule has 0 aliphatic rings. The molecule has 3 heterocycles. The van der Waals surface area contributed by atoms with E-state index < -0.39 is 0 Å². The minimum atomic E-state index is -0.189. The highest BCUT2D eigenvalue weighted by Crippen LogP contribution is 2.23. The number of alkyl halides is 1. The Kier molecular flexibility index (Phi) is 3.13. The molecule has 1 atom stereocenters. The second kappa shape index (κ2) is 4.93. The molecular weight excluding hydrogens is 262 g/mol. The van der Waals surface area contributed by atoms with E-state index in [2.05, 4.69) is 20.2 Å². The topological polar surface area (TPSA) is 56.5 Å². The number of pyridine rings is 1. The van der Waals surface area contributed by atoms with Crippen LogP contribution in [0.3, 0.4) is 0 Å². The third kappa shape index (κ3) is 2.29. The molecule has 5 nitrogen and oxygen atoms in total. The lowest BCUT2D eigenvalue weighted by molar-refractivity contribution is 0.709. The standard InChI is InChI=1S/C13H12ClN5/c1-9(14)12-17-11-5-3-6-15-13(11)19(12)8-10-4-2-7-16-18-10/h2-7,9H,8H2,1H3. The van der Waals surface area contributed by atoms with Crippen LogP contribution in [-0.4, -0.2) is 24.7 Å². The molecule has 0 amide bonds. The Morgan fingerprint density at radius 1 is 1.26 bits per heavy atom. The molecule has 0 aliphatic heterocycles. The molecule has 0 saturated carbocycles. The van der Waals surface area contributed by atoms with Gasteiger partial charge < -0.3 is 4.57 Å². The molecule has 19 heavy (non-hydrogen) atoms. The summed E-state index contributed by atoms with van der Waals surface area (Å²) in [6.45, 7) is 2.46. The lowest BCUT2D eigenvalue weighted by Gasteiger charge is -2.08. The Labute approximate surface area is 115 Å². The van der Waals surface area contributed by atoms with E-state index in [9.17, 15) is 0 Å². The first-order valence-corrected chi connectivity index (χ1v) is 6.41. The molecule has 0 aliphatic carbocycles. The molecule has 1 unspecified atom stereocenters. The zero-order valence-corrected chi connectivity index (χ0v) is 11.1. The number of halogens is 1. The lowest BCUT2D eigenvalue weighted by Crippen LogP contribution is -2.08. The Bertz CT molecular complexity index is 693. The Balaban J connectivity index is 2.12. The maximum absolute atomic E-state index is 6.20. The monoisotopic (exact) mass is 273 g/mol. The van der Waals surface area contributed by atoms with Crippen molar-refractivity contribution < 1.29 is 0 Å². The van der Waals surface area contributed by atoms with Gasteiger partial charge in [-0.25, -0.2) is 9.97 Å². The van der Waals surface area contributed by atoms with Crippen LogP contribution in [0, 0.1) is 0 Å². The van der Waals surface area contributed by atoms with Crippen molar-refractivity contribution in [2.24, 2.45) is 0 Å². The van der Waals surface area contributed by atoms with Crippen LogP contribution in [0.4, 0.5) is 0 Å². The number of rotatable bonds is 3. The van der Waals surface area contributed by atoms with Crippen molar-refractivity contribution >= 4 is 22.8 Å². The largest absolute Gasteiger partial charge is 0.305 e. The molecular formula is C13H12ClN5. The van der Waals surface area contributed by atoms with Crippen LogP contribution in [0.5, 0.6) is 0 Å². The number of aromatic nitrogens is 5. The van der Waals surface area contributed by atoms with Crippen LogP contribution in [0.1, 0.15) is 23.8 Å². The summed E-state index contributed by atoms with van der Waals surface area (Å²) in [4.78, 5) is 8.90. The summed E-state index contributed by atoms with van der Waals surface area (Å²) in [6, 6.07) is 7.58. The summed E-state index contributed by atoms with van der Waals surface area (Å²) in [5, 5.41) is 7.79. The normalized spacial score (nSPS) is 12.7. The van der Waals surface area contributed by atoms with Crippen molar-refractivity contribution in [3.8, 4) is 0 Å². The number of hydrogen-bond acceptors (Lipinski definition) is 4. The van der Waals surface area contributed by atoms with Gasteiger partial charge in [0.15, 0.2) is 5.65 Å². The maximum Gasteiger partial charge on any atom is 0.160 e. The van der Waals surface area contributed by atoms with E-state index in [4.69, 9.17) is 11.6 Å². The Morgan fingerprint density at radius 3 is 2.84 bits per heavy atom. The van der Waals surface area contributed by atoms with E-state index in [1.54, 1.807) is 12.4 Å². The van der Waals surface area contributed by atoms with Crippen molar-refractivity contribution in [2.75, 3.05) is 0 Å². The van der Waals surface area contributed by atoms with Gasteiger partial charge in [-0.05, 0) is 31.2 Å². The second-order valence-electron chi connectivity index (χ2n) is 4.23. The summed E-state index contributed by atoms with van der Waals surface area (Å²) >= 11 is 6.20. The second-order valence-corrected chi connectivity index (χ2v) is 4.89. The first-order valence-electron chi connectivity index (χ1n) is 5.97. The van der Waals surface area contributed by atoms with Gasteiger partial charge in [0.1, 0.15) is 11.3 Å². The van der Waals surface area contributed by atoms with Crippen molar-refractivity contribution in [1.29, 1.82) is 0 Å². The van der Waals surface area contributed by atoms with Crippen molar-refractivity contribution in [1.82, 2.24) is 24.7 Å². The van der Waals surface area contributed by atoms with Gasteiger partial charge >= 0.3 is 0 Å². The van der Waals surface area contributed by atoms with Crippen LogP contribution in [0.15, 0.2) is 36.7 Å². The predicted molar refractivity (Wildman–Crippen MR) is 72.9 cm³/mol. The molecule has 0 saturated heterocycles. The third-order valence-electron chi connectivity index (χ3n) is 2.84. The predicted octanol–water partition coefficient (Wildman–Crippen LogP) is 2.57. The van der Waals surface area contributed by atoms with Gasteiger partial charge in [-0.15, -0.1) is 11.6 Å². The fourth-order valence-corrected chi connectivity index (χ4v) is 2.18. The van der Waals surface area contributed by atoms with Gasteiger partial charge in [-0.1, -0.05) is 0 Å². The third-order valence-corrected chi connectivity index (χ3v) is 3.03. The highest BCUT2D eigenvalue weighted by molar-refractivity contribution is 6.20. The molecule has 0 spiro atoms. The van der Waals surface area contributed by atoms with Crippen LogP contribution in [0.25, 0.3) is 11.2 Å². The van der Waals surface area contributed by atoms with Gasteiger partial charge in [0.25, 0.3) is 0 Å². The zero-order chi connectivity index (χ0) is 13.2. The highest BCUT2D eigenvalue weighted by atomic mass is 35.5. The minimum absolute atomic E-state index is 0.189. The van der Waals surface area contributed by atoms with E-state index in [-0.39, 0.29) is 5.38 Å². The number of nitrogens with zero attached hydrogens (tertiary/aromatic N) is 5. The molecule has 3 rings (SSSR count). The molecule has 96 valence electrons. The van der Waals surface area contributed by atoms with E-state index >= 15 is 0 Å². The maximum atomic E-state index is 6.20. The molecule has 0 radical (unpaired) electrons. The lowest BCUT2D eigenvalue weighted by atomic mass is 10.3. The smallest absolute Gasteiger partial charge is 0.160 e. The quantitative estimate of drug-likeness (QED) is 0.688. The molecule has 0 N–H and O–H groups in total. The van der Waals surface area contributed by atoms with Gasteiger partial charge in [0, 0.05) is 12.4 Å². The van der Waals surface area contributed by atoms with Crippen LogP contribution in [0.2, 0.25) is 0 Å². The average molecular weight is 274 g/mol. The Morgan fingerprint density at radius 2 is 2.11 bits per heavy atom. The van der Waals surface area contributed by atoms with Crippen molar-refractivity contribution in [3.63, 3.8) is 0 Å². The van der Waals surface area contributed by atoms with E-state index in [0.717, 1.165) is 22.7 Å². The number of hydrogen-bond donors (Lipinski definition) is 0. The van der Waals surface area contributed by atoms with E-state index in [0.29, 0.717) is 6.54 Å². The van der Waals surface area contributed by atoms with Crippen LogP contribution < -0.4 is 0 Å². The van der Waals surface area contributed by atoms with Crippen molar-refractivity contribution in [2.45, 2.75) is 18.8 Å². The summed E-state index contributed by atoms with van der Waals surface area (Å²) in [5.74, 6) is 0.793. The molecule has 3 aromatic heterocycles. The van der Waals surface area contributed by atoms with Crippen LogP contribution in [-0.2, 0) is 6.54 Å². The SMILES string of the molecule is CC(Cl)c1nc2cccnc2n1Cc1cccnn1. The first kappa shape index (κ1) is 12.0. The van der Waals surface area contributed by atoms with E-state index in [1.807, 2.05) is 35.8 Å². The fraction of sp³-hybridized carbons (Fsp3) is 0.231. The van der Waals surface area contributed by atoms with Crippen molar-refractivity contribution in [3.05, 3.63) is 48.2 Å². The zero-order valence-electron chi connectivity index (χ0n) is 10.4. The summed E-state index contributed by atoms with van der Waals surface area (Å²) in [5.41, 5.74) is 2.51. The Hall–Kier alpha value is -2.01. The molecule has 6 heteroatoms. The molecule has 3 aromatic rings. The average Bonchev–Trinajstić information content (AvgIpc) is 2.79. The fourth-order valence-electron chi connectivity index (χ4n) is 2.02. The molecule has 0 bridgehead atoms. The first-order chi connectivity index (χ1) is 9.25. The van der Waals surface area contributed by atoms with Gasteiger partial charge in [-0.3, -0.25) is 0 Å². The molecule has 0 fully saturated rings. The number of imidazole rings is 1. The van der Waals surface area contributed by atoms with Gasteiger partial charge in [-0.2, -0.15) is 10.2 Å². The van der Waals surface area contributed by atoms with Crippen LogP contribution >= 0.6 is 11.6 Å². The summed E-state index contributed by atoms with van der Waals surface area (Å²) in [7, 11) is 0. The summed E-state index contributed by atoms with van der Waals surface area (Å²) in [6.07, 6.45) is 3.40. The van der Waals surface area contributed by atoms with Gasteiger partial charge in [0.2, 0.25) is 0 Å². The van der Waals surface area contributed by atoms with E-state index in [1.165, 1.54) is 0 Å². The van der Waals surface area contributed by atoms with Gasteiger partial charge in [0.05, 0.1) is 17.6 Å². The molecule has 0 aromatic carbocycles.